The molecule has 2 rings (SSSR count). The summed E-state index contributed by atoms with van der Waals surface area (Å²) < 4.78 is 0. The molecule has 0 aliphatic heterocycles. The molecule has 0 amide bonds. The van der Waals surface area contributed by atoms with Gasteiger partial charge in [0.1, 0.15) is 5.03 Å². The van der Waals surface area contributed by atoms with Gasteiger partial charge in [0.05, 0.1) is 6.61 Å². The van der Waals surface area contributed by atoms with E-state index >= 15 is 0 Å². The zero-order valence-corrected chi connectivity index (χ0v) is 8.81. The van der Waals surface area contributed by atoms with Gasteiger partial charge in [0, 0.05) is 23.5 Å². The average Bonchev–Trinajstić information content (AvgIpc) is 2.31. The first-order valence-corrected chi connectivity index (χ1v) is 5.34. The molecule has 4 heteroatoms. The first-order valence-electron chi connectivity index (χ1n) is 4.52. The van der Waals surface area contributed by atoms with E-state index in [-0.39, 0.29) is 6.61 Å². The quantitative estimate of drug-likeness (QED) is 0.857. The van der Waals surface area contributed by atoms with Gasteiger partial charge in [-0.05, 0) is 23.8 Å². The van der Waals surface area contributed by atoms with E-state index in [1.54, 1.807) is 30.4 Å². The Morgan fingerprint density at radius 3 is 2.53 bits per heavy atom. The highest BCUT2D eigenvalue weighted by atomic mass is 32.2. The van der Waals surface area contributed by atoms with Gasteiger partial charge in [0.25, 0.3) is 0 Å². The first kappa shape index (κ1) is 10.1. The van der Waals surface area contributed by atoms with Crippen molar-refractivity contribution < 1.29 is 5.11 Å². The van der Waals surface area contributed by atoms with Crippen LogP contribution in [0, 0.1) is 0 Å². The predicted octanol–water partition coefficient (Wildman–Crippen LogP) is 2.12. The maximum Gasteiger partial charge on any atom is 0.101 e. The van der Waals surface area contributed by atoms with Crippen molar-refractivity contribution in [2.45, 2.75) is 16.5 Å². The summed E-state index contributed by atoms with van der Waals surface area (Å²) in [5.41, 5.74) is 0.828. The van der Waals surface area contributed by atoms with Gasteiger partial charge < -0.3 is 5.11 Å². The zero-order valence-electron chi connectivity index (χ0n) is 8.00. The number of rotatable bonds is 3. The van der Waals surface area contributed by atoms with Gasteiger partial charge in [-0.25, -0.2) is 4.98 Å². The van der Waals surface area contributed by atoms with Crippen LogP contribution in [0.2, 0.25) is 0 Å². The van der Waals surface area contributed by atoms with Gasteiger partial charge in [-0.1, -0.05) is 17.8 Å². The second-order valence-electron chi connectivity index (χ2n) is 2.95. The summed E-state index contributed by atoms with van der Waals surface area (Å²) in [5.74, 6) is 0. The summed E-state index contributed by atoms with van der Waals surface area (Å²) in [6.07, 6.45) is 5.19. The van der Waals surface area contributed by atoms with E-state index in [4.69, 9.17) is 5.11 Å². The molecule has 15 heavy (non-hydrogen) atoms. The molecular formula is C11H10N2OS. The third-order valence-corrected chi connectivity index (χ3v) is 2.81. The monoisotopic (exact) mass is 218 g/mol. The van der Waals surface area contributed by atoms with E-state index < -0.39 is 0 Å². The number of nitrogens with zero attached hydrogens (tertiary/aromatic N) is 2. The summed E-state index contributed by atoms with van der Waals surface area (Å²) in [4.78, 5) is 9.28. The standard InChI is InChI=1S/C11H10N2OS/c14-8-9-1-2-11(13-7-9)15-10-3-5-12-6-4-10/h1-7,14H,8H2. The molecule has 0 saturated heterocycles. The summed E-state index contributed by atoms with van der Waals surface area (Å²) in [7, 11) is 0. The lowest BCUT2D eigenvalue weighted by atomic mass is 10.3. The number of aromatic nitrogens is 2. The molecule has 0 fully saturated rings. The van der Waals surface area contributed by atoms with Crippen molar-refractivity contribution >= 4 is 11.8 Å². The zero-order chi connectivity index (χ0) is 10.5. The SMILES string of the molecule is OCc1ccc(Sc2ccncc2)nc1. The van der Waals surface area contributed by atoms with Crippen LogP contribution in [-0.2, 0) is 6.61 Å². The number of hydrogen-bond donors (Lipinski definition) is 1. The molecule has 76 valence electrons. The van der Waals surface area contributed by atoms with Crippen molar-refractivity contribution in [2.75, 3.05) is 0 Å². The van der Waals surface area contributed by atoms with E-state index in [0.717, 1.165) is 15.5 Å². The number of aliphatic hydroxyl groups is 1. The van der Waals surface area contributed by atoms with Gasteiger partial charge in [-0.2, -0.15) is 0 Å². The number of pyridine rings is 2. The van der Waals surface area contributed by atoms with Crippen LogP contribution in [0.4, 0.5) is 0 Å². The number of aliphatic hydroxyl groups excluding tert-OH is 1. The minimum Gasteiger partial charge on any atom is -0.392 e. The lowest BCUT2D eigenvalue weighted by Crippen LogP contribution is -1.85. The molecule has 0 aliphatic rings. The maximum atomic E-state index is 8.86. The fourth-order valence-corrected chi connectivity index (χ4v) is 1.83. The van der Waals surface area contributed by atoms with E-state index in [9.17, 15) is 0 Å². The lowest BCUT2D eigenvalue weighted by molar-refractivity contribution is 0.281. The minimum absolute atomic E-state index is 0.0349. The summed E-state index contributed by atoms with van der Waals surface area (Å²) in [6.45, 7) is 0.0349. The Morgan fingerprint density at radius 2 is 1.93 bits per heavy atom. The van der Waals surface area contributed by atoms with E-state index in [1.165, 1.54) is 0 Å². The Balaban J connectivity index is 2.11. The molecule has 0 saturated carbocycles. The van der Waals surface area contributed by atoms with E-state index in [1.807, 2.05) is 24.3 Å². The van der Waals surface area contributed by atoms with Crippen LogP contribution < -0.4 is 0 Å². The summed E-state index contributed by atoms with van der Waals surface area (Å²) in [5, 5.41) is 9.78. The molecular weight excluding hydrogens is 208 g/mol. The molecule has 1 N–H and O–H groups in total. The topological polar surface area (TPSA) is 46.0 Å². The van der Waals surface area contributed by atoms with Crippen LogP contribution in [-0.4, -0.2) is 15.1 Å². The number of hydrogen-bond acceptors (Lipinski definition) is 4. The molecule has 2 aromatic rings. The van der Waals surface area contributed by atoms with Crippen molar-refractivity contribution in [1.29, 1.82) is 0 Å². The Kier molecular flexibility index (Phi) is 3.32. The predicted molar refractivity (Wildman–Crippen MR) is 58.5 cm³/mol. The second kappa shape index (κ2) is 4.91. The normalized spacial score (nSPS) is 10.2. The summed E-state index contributed by atoms with van der Waals surface area (Å²) >= 11 is 1.57. The van der Waals surface area contributed by atoms with Crippen molar-refractivity contribution in [3.63, 3.8) is 0 Å². The van der Waals surface area contributed by atoms with Gasteiger partial charge in [-0.15, -0.1) is 0 Å². The first-order chi connectivity index (χ1) is 7.38. The third kappa shape index (κ3) is 2.78. The van der Waals surface area contributed by atoms with E-state index in [0.29, 0.717) is 0 Å². The fourth-order valence-electron chi connectivity index (χ4n) is 1.09. The fraction of sp³-hybridized carbons (Fsp3) is 0.0909. The Labute approximate surface area is 92.2 Å². The maximum absolute atomic E-state index is 8.86. The largest absolute Gasteiger partial charge is 0.392 e. The highest BCUT2D eigenvalue weighted by Gasteiger charge is 1.98. The van der Waals surface area contributed by atoms with Gasteiger partial charge in [-0.3, -0.25) is 4.98 Å². The van der Waals surface area contributed by atoms with Gasteiger partial charge in [0.2, 0.25) is 0 Å². The molecule has 0 spiro atoms. The van der Waals surface area contributed by atoms with Crippen molar-refractivity contribution in [3.05, 3.63) is 48.4 Å². The lowest BCUT2D eigenvalue weighted by Gasteiger charge is -2.00. The van der Waals surface area contributed by atoms with Crippen LogP contribution >= 0.6 is 11.8 Å². The molecule has 2 aromatic heterocycles. The Hall–Kier alpha value is -1.39. The van der Waals surface area contributed by atoms with Crippen molar-refractivity contribution in [1.82, 2.24) is 9.97 Å². The van der Waals surface area contributed by atoms with Crippen LogP contribution in [0.25, 0.3) is 0 Å². The molecule has 0 aromatic carbocycles. The van der Waals surface area contributed by atoms with Crippen molar-refractivity contribution in [2.24, 2.45) is 0 Å². The van der Waals surface area contributed by atoms with Crippen LogP contribution in [0.3, 0.4) is 0 Å². The summed E-state index contributed by atoms with van der Waals surface area (Å²) in [6, 6.07) is 7.64. The third-order valence-electron chi connectivity index (χ3n) is 1.85. The van der Waals surface area contributed by atoms with Crippen LogP contribution in [0.1, 0.15) is 5.56 Å². The second-order valence-corrected chi connectivity index (χ2v) is 4.04. The average molecular weight is 218 g/mol. The van der Waals surface area contributed by atoms with Gasteiger partial charge >= 0.3 is 0 Å². The molecule has 0 atom stereocenters. The molecule has 0 aliphatic carbocycles. The Morgan fingerprint density at radius 1 is 1.13 bits per heavy atom. The molecule has 0 unspecified atom stereocenters. The Bertz CT molecular complexity index is 416. The van der Waals surface area contributed by atoms with E-state index in [2.05, 4.69) is 9.97 Å². The van der Waals surface area contributed by atoms with Crippen LogP contribution in [0.15, 0.2) is 52.8 Å². The minimum atomic E-state index is 0.0349. The highest BCUT2D eigenvalue weighted by Crippen LogP contribution is 2.24. The van der Waals surface area contributed by atoms with Crippen LogP contribution in [0.5, 0.6) is 0 Å². The van der Waals surface area contributed by atoms with Gasteiger partial charge in [0.15, 0.2) is 0 Å². The molecule has 2 heterocycles. The molecule has 0 bridgehead atoms. The van der Waals surface area contributed by atoms with Crippen molar-refractivity contribution in [3.8, 4) is 0 Å². The highest BCUT2D eigenvalue weighted by molar-refractivity contribution is 7.99. The molecule has 0 radical (unpaired) electrons. The molecule has 3 nitrogen and oxygen atoms in total. The smallest absolute Gasteiger partial charge is 0.101 e.